The molecule has 0 aliphatic carbocycles. The van der Waals surface area contributed by atoms with Gasteiger partial charge in [0.05, 0.1) is 72.6 Å². The van der Waals surface area contributed by atoms with Crippen LogP contribution in [0.1, 0.15) is 0 Å². The van der Waals surface area contributed by atoms with Crippen LogP contribution in [0.4, 0.5) is 0 Å². The first-order chi connectivity index (χ1) is 69.2. The Labute approximate surface area is 814 Å². The fourth-order valence-corrected chi connectivity index (χ4v) is 33.1. The summed E-state index contributed by atoms with van der Waals surface area (Å²) in [6, 6.07) is 148. The van der Waals surface area contributed by atoms with Crippen LogP contribution in [-0.4, -0.2) is 67.8 Å². The first-order valence-corrected chi connectivity index (χ1v) is 57.3. The summed E-state index contributed by atoms with van der Waals surface area (Å²) < 4.78 is 26.6. The molecule has 15 heteroatoms. The van der Waals surface area contributed by atoms with Crippen molar-refractivity contribution < 1.29 is 13.3 Å². The zero-order valence-corrected chi connectivity index (χ0v) is 81.1. The molecule has 3 aliphatic heterocycles. The van der Waals surface area contributed by atoms with Gasteiger partial charge in [-0.05, 0) is 145 Å². The summed E-state index contributed by atoms with van der Waals surface area (Å²) in [5.74, 6) is 2.29. The monoisotopic (exact) mass is 1860 g/mol. The molecule has 30 rings (SSSR count). The Bertz CT molecular complexity index is 9900. The Morgan fingerprint density at radius 2 is 0.511 bits per heavy atom. The second kappa shape index (κ2) is 31.3. The molecule has 9 aromatic heterocycles. The van der Waals surface area contributed by atoms with Crippen LogP contribution < -0.4 is 31.1 Å². The third kappa shape index (κ3) is 12.5. The number of nitrogens with zero attached hydrogens (tertiary/aromatic N) is 9. The van der Waals surface area contributed by atoms with Crippen LogP contribution in [0.25, 0.3) is 250 Å². The van der Waals surface area contributed by atoms with Gasteiger partial charge < -0.3 is 27.0 Å². The van der Waals surface area contributed by atoms with E-state index in [2.05, 4.69) is 429 Å². The summed E-state index contributed by atoms with van der Waals surface area (Å²) in [7, 11) is -6.74. The van der Waals surface area contributed by atoms with Crippen LogP contribution in [0.2, 0.25) is 39.3 Å². The second-order valence-electron chi connectivity index (χ2n) is 39.0. The molecule has 0 bridgehead atoms. The molecular formula is C126H87N9O3Si3. The lowest BCUT2D eigenvalue weighted by molar-refractivity contribution is 0.669. The fraction of sp³-hybridized carbons (Fsp3) is 0.0476. The maximum atomic E-state index is 6.63. The van der Waals surface area contributed by atoms with Gasteiger partial charge in [-0.2, -0.15) is 0 Å². The van der Waals surface area contributed by atoms with E-state index in [1.165, 1.54) is 102 Å². The van der Waals surface area contributed by atoms with E-state index in [9.17, 15) is 0 Å². The van der Waals surface area contributed by atoms with E-state index in [4.69, 9.17) is 43.2 Å². The van der Waals surface area contributed by atoms with Crippen molar-refractivity contribution in [3.05, 3.63) is 419 Å². The largest absolute Gasteiger partial charge is 0.456 e. The number of para-hydroxylation sites is 6. The summed E-state index contributed by atoms with van der Waals surface area (Å²) in [4.78, 5) is 31.7. The molecule has 27 aromatic rings. The number of rotatable bonds is 9. The summed E-state index contributed by atoms with van der Waals surface area (Å²) >= 11 is 0. The molecule has 0 N–H and O–H groups in total. The Morgan fingerprint density at radius 1 is 0.199 bits per heavy atom. The number of fused-ring (bicyclic) bond motifs is 29. The van der Waals surface area contributed by atoms with Gasteiger partial charge >= 0.3 is 0 Å². The Balaban J connectivity index is 0.000000104. The third-order valence-electron chi connectivity index (χ3n) is 29.9. The number of hydrogen-bond acceptors (Lipinski definition) is 9. The average Bonchev–Trinajstić information content (AvgIpc) is 1.57. The van der Waals surface area contributed by atoms with Crippen molar-refractivity contribution in [2.24, 2.45) is 0 Å². The Hall–Kier alpha value is -17.3. The topological polar surface area (TPSA) is 132 Å². The average molecular weight is 1860 g/mol. The van der Waals surface area contributed by atoms with Crippen molar-refractivity contribution in [2.75, 3.05) is 0 Å². The van der Waals surface area contributed by atoms with E-state index in [1.54, 1.807) is 0 Å². The molecule has 0 saturated carbocycles. The van der Waals surface area contributed by atoms with E-state index in [0.29, 0.717) is 0 Å². The highest BCUT2D eigenvalue weighted by atomic mass is 28.3. The van der Waals surface area contributed by atoms with Gasteiger partial charge in [-0.15, -0.1) is 0 Å². The normalized spacial score (nSPS) is 13.5. The van der Waals surface area contributed by atoms with Gasteiger partial charge in [-0.3, -0.25) is 0 Å². The van der Waals surface area contributed by atoms with Gasteiger partial charge in [0.1, 0.15) is 52.1 Å². The molecule has 0 unspecified atom stereocenters. The van der Waals surface area contributed by atoms with E-state index < -0.39 is 24.2 Å². The quantitative estimate of drug-likeness (QED) is 0.130. The molecule has 0 spiro atoms. The van der Waals surface area contributed by atoms with Crippen molar-refractivity contribution in [2.45, 2.75) is 39.3 Å². The van der Waals surface area contributed by atoms with Crippen molar-refractivity contribution in [1.82, 2.24) is 43.6 Å². The summed E-state index contributed by atoms with van der Waals surface area (Å²) in [5.41, 5.74) is 32.3. The van der Waals surface area contributed by atoms with Gasteiger partial charge in [0, 0.05) is 116 Å². The lowest BCUT2D eigenvalue weighted by atomic mass is 10.1. The third-order valence-corrected chi connectivity index (χ3v) is 40.4. The Kier molecular flexibility index (Phi) is 18.2. The predicted molar refractivity (Wildman–Crippen MR) is 590 cm³/mol. The molecule has 18 aromatic carbocycles. The zero-order valence-electron chi connectivity index (χ0n) is 78.1. The molecule has 666 valence electrons. The van der Waals surface area contributed by atoms with Crippen LogP contribution in [0, 0.1) is 0 Å². The Morgan fingerprint density at radius 3 is 0.950 bits per heavy atom. The van der Waals surface area contributed by atoms with Crippen molar-refractivity contribution >= 4 is 187 Å². The van der Waals surface area contributed by atoms with Gasteiger partial charge in [0.15, 0.2) is 23.1 Å². The van der Waals surface area contributed by atoms with Crippen LogP contribution in [-0.2, 0) is 0 Å². The highest BCUT2D eigenvalue weighted by Gasteiger charge is 2.46. The number of hydrogen-bond donors (Lipinski definition) is 0. The fourth-order valence-electron chi connectivity index (χ4n) is 23.4. The molecule has 0 fully saturated rings. The molecule has 12 nitrogen and oxygen atoms in total. The maximum Gasteiger partial charge on any atom is 0.160 e. The van der Waals surface area contributed by atoms with Gasteiger partial charge in [0.2, 0.25) is 0 Å². The van der Waals surface area contributed by atoms with Crippen LogP contribution in [0.15, 0.2) is 432 Å². The molecular weight excluding hydrogens is 1770 g/mol. The van der Waals surface area contributed by atoms with E-state index in [-0.39, 0.29) is 0 Å². The summed E-state index contributed by atoms with van der Waals surface area (Å²) in [5, 5.41) is 22.3. The molecule has 0 atom stereocenters. The van der Waals surface area contributed by atoms with E-state index in [1.807, 2.05) is 42.5 Å². The van der Waals surface area contributed by atoms with Crippen molar-refractivity contribution in [1.29, 1.82) is 0 Å². The van der Waals surface area contributed by atoms with Crippen molar-refractivity contribution in [3.8, 4) is 119 Å². The molecule has 0 radical (unpaired) electrons. The minimum absolute atomic E-state index is 0.764. The molecule has 0 saturated heterocycles. The zero-order chi connectivity index (χ0) is 93.8. The molecule has 3 aliphatic rings. The predicted octanol–water partition coefficient (Wildman–Crippen LogP) is 28.8. The van der Waals surface area contributed by atoms with Gasteiger partial charge in [0.25, 0.3) is 0 Å². The second-order valence-corrected chi connectivity index (χ2v) is 51.9. The van der Waals surface area contributed by atoms with E-state index >= 15 is 0 Å². The number of benzene rings is 18. The first kappa shape index (κ1) is 82.0. The van der Waals surface area contributed by atoms with E-state index in [0.717, 1.165) is 179 Å². The maximum absolute atomic E-state index is 6.63. The van der Waals surface area contributed by atoms with Crippen LogP contribution >= 0.6 is 0 Å². The lowest BCUT2D eigenvalue weighted by Crippen LogP contribution is -2.50. The minimum Gasteiger partial charge on any atom is -0.456 e. The molecule has 0 amide bonds. The number of furan rings is 3. The highest BCUT2D eigenvalue weighted by molar-refractivity contribution is 7.06. The molecule has 12 heterocycles. The highest BCUT2D eigenvalue weighted by Crippen LogP contribution is 2.48. The number of aromatic nitrogens is 9. The van der Waals surface area contributed by atoms with Gasteiger partial charge in [-0.1, -0.05) is 355 Å². The SMILES string of the molecule is C[Si]1(C)c2cc(-n3c4ccccc4c4cc5c(cc43)oc3ccccc35)ccc2-c2nc(-c3ccccc3)nc(-c3ccccc3)c21.C[Si]1(C)c2cc(-n3c4ccccc4c4ccc5c6ccccc6oc5c43)ccc2-c2nc(-c3ccccc3)nc(-c3ccccc3)c21.C[Si]1(C)c2cc(-n3c4ccccc4c4ccc5oc6ccccc6c5c43)ccc2-c2nc(-c3ccccc3)nc(-c3ccccc3)c21. The smallest absolute Gasteiger partial charge is 0.160 e. The molecule has 141 heavy (non-hydrogen) atoms. The van der Waals surface area contributed by atoms with Crippen LogP contribution in [0.3, 0.4) is 0 Å². The minimum atomic E-state index is -2.25. The summed E-state index contributed by atoms with van der Waals surface area (Å²) in [6.07, 6.45) is 0. The van der Waals surface area contributed by atoms with Crippen molar-refractivity contribution in [3.63, 3.8) is 0 Å². The first-order valence-electron chi connectivity index (χ1n) is 48.3. The van der Waals surface area contributed by atoms with Gasteiger partial charge in [-0.25, -0.2) is 29.9 Å². The van der Waals surface area contributed by atoms with Crippen LogP contribution in [0.5, 0.6) is 0 Å². The lowest BCUT2D eigenvalue weighted by Gasteiger charge is -2.22. The summed E-state index contributed by atoms with van der Waals surface area (Å²) in [6.45, 7) is 14.7. The standard InChI is InChI=1S/3C42H29N3OSi/c1-47(2)38-23-28(45-34-19-11-9-17-29(34)32-24-33-30-18-10-12-20-36(30)46-37(33)25-35(32)45)21-22-31(38)40-41(47)39(26-13-5-3-6-14-26)43-42(44-40)27-15-7-4-8-16-27;1-47(2)36-25-28(45-33-19-11-9-17-29(33)30-23-24-35-37(40(30)45)31-18-10-12-20-34(31)46-35)21-22-32(36)39-41(47)38(26-13-5-3-6-14-26)43-42(44-39)27-15-7-4-8-16-27;1-47(2)36-25-28(45-34-19-11-9-17-29(34)31-23-24-32-30-18-10-12-20-35(30)46-40(32)39(31)45)21-22-33(36)38-41(47)37(26-13-5-3-6-14-26)43-42(44-38)27-15-7-4-8-16-27/h3*3-25H,1-2H3.